The van der Waals surface area contributed by atoms with E-state index in [0.717, 1.165) is 19.4 Å². The van der Waals surface area contributed by atoms with Crippen molar-refractivity contribution in [3.63, 3.8) is 0 Å². The second kappa shape index (κ2) is 7.28. The van der Waals surface area contributed by atoms with Crippen molar-refractivity contribution in [2.24, 2.45) is 10.9 Å². The lowest BCUT2D eigenvalue weighted by molar-refractivity contribution is 0.314. The van der Waals surface area contributed by atoms with Gasteiger partial charge < -0.3 is 16.3 Å². The fraction of sp³-hybridized carbons (Fsp3) is 0.750. The molecule has 0 fully saturated rings. The van der Waals surface area contributed by atoms with Crippen molar-refractivity contribution >= 4 is 5.84 Å². The second-order valence-corrected chi connectivity index (χ2v) is 4.30. The second-order valence-electron chi connectivity index (χ2n) is 4.30. The number of oxime groups is 1. The number of hydrogen-bond acceptors (Lipinski definition) is 3. The van der Waals surface area contributed by atoms with Crippen LogP contribution in [-0.4, -0.2) is 23.6 Å². The number of hydrogen-bond donors (Lipinski definition) is 3. The molecule has 1 aliphatic rings. The molecular formula is C12H23N3O. The monoisotopic (exact) mass is 225 g/mol. The summed E-state index contributed by atoms with van der Waals surface area (Å²) in [6.07, 6.45) is 9.40. The molecule has 1 aliphatic carbocycles. The highest BCUT2D eigenvalue weighted by molar-refractivity contribution is 5.85. The van der Waals surface area contributed by atoms with Crippen LogP contribution in [0.2, 0.25) is 0 Å². The molecule has 0 bridgehead atoms. The van der Waals surface area contributed by atoms with Crippen molar-refractivity contribution in [3.05, 3.63) is 11.6 Å². The lowest BCUT2D eigenvalue weighted by Crippen LogP contribution is -2.41. The maximum absolute atomic E-state index is 8.60. The Hall–Kier alpha value is -1.03. The van der Waals surface area contributed by atoms with Crippen molar-refractivity contribution in [1.82, 2.24) is 5.32 Å². The highest BCUT2D eigenvalue weighted by Crippen LogP contribution is 2.19. The van der Waals surface area contributed by atoms with Crippen LogP contribution in [0.3, 0.4) is 0 Å². The van der Waals surface area contributed by atoms with Crippen LogP contribution >= 0.6 is 0 Å². The number of allylic oxidation sites excluding steroid dienone is 1. The van der Waals surface area contributed by atoms with Crippen molar-refractivity contribution < 1.29 is 5.21 Å². The number of nitrogens with two attached hydrogens (primary N) is 1. The van der Waals surface area contributed by atoms with Gasteiger partial charge in [0.25, 0.3) is 0 Å². The topological polar surface area (TPSA) is 70.6 Å². The van der Waals surface area contributed by atoms with E-state index in [1.807, 2.05) is 6.92 Å². The number of amidine groups is 1. The molecule has 1 rings (SSSR count). The van der Waals surface area contributed by atoms with Gasteiger partial charge in [0.2, 0.25) is 0 Å². The quantitative estimate of drug-likeness (QED) is 0.213. The molecule has 1 atom stereocenters. The van der Waals surface area contributed by atoms with Crippen LogP contribution in [0.15, 0.2) is 16.8 Å². The van der Waals surface area contributed by atoms with E-state index in [1.165, 1.54) is 25.7 Å². The van der Waals surface area contributed by atoms with Gasteiger partial charge in [-0.3, -0.25) is 0 Å². The van der Waals surface area contributed by atoms with Crippen LogP contribution in [-0.2, 0) is 0 Å². The van der Waals surface area contributed by atoms with Gasteiger partial charge in [-0.15, -0.1) is 0 Å². The first-order valence-electron chi connectivity index (χ1n) is 6.16. The predicted octanol–water partition coefficient (Wildman–Crippen LogP) is 1.99. The van der Waals surface area contributed by atoms with Crippen LogP contribution in [0.4, 0.5) is 0 Å². The maximum atomic E-state index is 8.60. The van der Waals surface area contributed by atoms with Gasteiger partial charge in [0.15, 0.2) is 5.84 Å². The smallest absolute Gasteiger partial charge is 0.156 e. The van der Waals surface area contributed by atoms with Crippen LogP contribution in [0.5, 0.6) is 0 Å². The molecule has 1 unspecified atom stereocenters. The van der Waals surface area contributed by atoms with Gasteiger partial charge in [-0.05, 0) is 45.1 Å². The zero-order chi connectivity index (χ0) is 11.8. The van der Waals surface area contributed by atoms with Crippen molar-refractivity contribution in [2.75, 3.05) is 6.54 Å². The zero-order valence-electron chi connectivity index (χ0n) is 10.1. The molecule has 4 N–H and O–H groups in total. The Morgan fingerprint density at radius 1 is 1.62 bits per heavy atom. The minimum absolute atomic E-state index is 0.00538. The molecule has 0 saturated heterocycles. The summed E-state index contributed by atoms with van der Waals surface area (Å²) in [4.78, 5) is 0. The summed E-state index contributed by atoms with van der Waals surface area (Å²) in [5.41, 5.74) is 7.12. The lowest BCUT2D eigenvalue weighted by Gasteiger charge is -2.17. The van der Waals surface area contributed by atoms with Gasteiger partial charge >= 0.3 is 0 Å². The summed E-state index contributed by atoms with van der Waals surface area (Å²) >= 11 is 0. The molecule has 0 aromatic heterocycles. The number of nitrogens with zero attached hydrogens (tertiary/aromatic N) is 1. The van der Waals surface area contributed by atoms with Crippen LogP contribution < -0.4 is 11.1 Å². The Labute approximate surface area is 97.6 Å². The van der Waals surface area contributed by atoms with E-state index in [4.69, 9.17) is 10.9 Å². The summed E-state index contributed by atoms with van der Waals surface area (Å²) < 4.78 is 0. The molecule has 16 heavy (non-hydrogen) atoms. The largest absolute Gasteiger partial charge is 0.409 e. The Morgan fingerprint density at radius 2 is 2.44 bits per heavy atom. The van der Waals surface area contributed by atoms with Gasteiger partial charge in [0.05, 0.1) is 6.04 Å². The van der Waals surface area contributed by atoms with Crippen molar-refractivity contribution in [1.29, 1.82) is 0 Å². The van der Waals surface area contributed by atoms with Crippen molar-refractivity contribution in [3.8, 4) is 0 Å². The number of rotatable bonds is 6. The van der Waals surface area contributed by atoms with Gasteiger partial charge in [-0.2, -0.15) is 0 Å². The maximum Gasteiger partial charge on any atom is 0.156 e. The van der Waals surface area contributed by atoms with E-state index in [2.05, 4.69) is 16.5 Å². The Kier molecular flexibility index (Phi) is 5.93. The first-order valence-corrected chi connectivity index (χ1v) is 6.16. The summed E-state index contributed by atoms with van der Waals surface area (Å²) in [5.74, 6) is 0.278. The Balaban J connectivity index is 2.25. The lowest BCUT2D eigenvalue weighted by atomic mass is 9.97. The van der Waals surface area contributed by atoms with Crippen LogP contribution in [0.25, 0.3) is 0 Å². The van der Waals surface area contributed by atoms with Crippen LogP contribution in [0.1, 0.15) is 45.4 Å². The molecule has 0 amide bonds. The average molecular weight is 225 g/mol. The van der Waals surface area contributed by atoms with E-state index >= 15 is 0 Å². The summed E-state index contributed by atoms with van der Waals surface area (Å²) in [7, 11) is 0. The molecule has 0 aliphatic heterocycles. The highest BCUT2D eigenvalue weighted by Gasteiger charge is 2.10. The SMILES string of the molecule is CCC(NCCC1=CCCCC1)C(N)=NO. The molecule has 0 radical (unpaired) electrons. The van der Waals surface area contributed by atoms with Crippen molar-refractivity contribution in [2.45, 2.75) is 51.5 Å². The number of nitrogens with one attached hydrogen (secondary N) is 1. The molecule has 0 aromatic carbocycles. The van der Waals surface area contributed by atoms with Crippen LogP contribution in [0, 0.1) is 0 Å². The first-order chi connectivity index (χ1) is 7.77. The van der Waals surface area contributed by atoms with E-state index < -0.39 is 0 Å². The Bertz CT molecular complexity index is 261. The fourth-order valence-corrected chi connectivity index (χ4v) is 2.07. The first kappa shape index (κ1) is 13.0. The third-order valence-corrected chi connectivity index (χ3v) is 3.10. The Morgan fingerprint density at radius 3 is 3.00 bits per heavy atom. The van der Waals surface area contributed by atoms with Gasteiger partial charge in [-0.1, -0.05) is 23.7 Å². The average Bonchev–Trinajstić information content (AvgIpc) is 2.35. The molecule has 0 aromatic rings. The standard InChI is InChI=1S/C12H23N3O/c1-2-11(12(13)15-16)14-9-8-10-6-4-3-5-7-10/h6,11,14,16H,2-5,7-9H2,1H3,(H2,13,15). The zero-order valence-corrected chi connectivity index (χ0v) is 10.1. The molecule has 0 spiro atoms. The molecule has 0 saturated carbocycles. The molecule has 4 heteroatoms. The van der Waals surface area contributed by atoms with Gasteiger partial charge in [-0.25, -0.2) is 0 Å². The van der Waals surface area contributed by atoms with E-state index in [9.17, 15) is 0 Å². The van der Waals surface area contributed by atoms with E-state index in [-0.39, 0.29) is 11.9 Å². The summed E-state index contributed by atoms with van der Waals surface area (Å²) in [6.45, 7) is 2.93. The summed E-state index contributed by atoms with van der Waals surface area (Å²) in [6, 6.07) is -0.00538. The minimum Gasteiger partial charge on any atom is -0.409 e. The minimum atomic E-state index is -0.00538. The fourth-order valence-electron chi connectivity index (χ4n) is 2.07. The molecule has 92 valence electrons. The predicted molar refractivity (Wildman–Crippen MR) is 66.7 cm³/mol. The third-order valence-electron chi connectivity index (χ3n) is 3.10. The van der Waals surface area contributed by atoms with Gasteiger partial charge in [0.1, 0.15) is 0 Å². The molecular weight excluding hydrogens is 202 g/mol. The van der Waals surface area contributed by atoms with E-state index in [1.54, 1.807) is 5.57 Å². The normalized spacial score (nSPS) is 19.3. The summed E-state index contributed by atoms with van der Waals surface area (Å²) in [5, 5.41) is 14.9. The third kappa shape index (κ3) is 4.23. The molecule has 4 nitrogen and oxygen atoms in total. The highest BCUT2D eigenvalue weighted by atomic mass is 16.4. The molecule has 0 heterocycles. The van der Waals surface area contributed by atoms with E-state index in [0.29, 0.717) is 0 Å². The van der Waals surface area contributed by atoms with Gasteiger partial charge in [0, 0.05) is 0 Å².